The molecule has 0 atom stereocenters. The molecule has 0 heterocycles. The Kier molecular flexibility index (Phi) is 5.83. The molecule has 0 aliphatic rings. The van der Waals surface area contributed by atoms with Gasteiger partial charge in [-0.2, -0.15) is 0 Å². The van der Waals surface area contributed by atoms with E-state index in [1.165, 1.54) is 22.3 Å². The van der Waals surface area contributed by atoms with Crippen LogP contribution in [0.3, 0.4) is 0 Å². The molecule has 0 N–H and O–H groups in total. The summed E-state index contributed by atoms with van der Waals surface area (Å²) in [6.45, 7) is 11.6. The van der Waals surface area contributed by atoms with Crippen LogP contribution in [0.25, 0.3) is 0 Å². The second kappa shape index (κ2) is 7.63. The Morgan fingerprint density at radius 1 is 0.591 bits per heavy atom. The average Bonchev–Trinajstić information content (AvgIpc) is 2.46. The van der Waals surface area contributed by atoms with E-state index in [0.29, 0.717) is 17.8 Å². The standard InChI is InChI=1S/C22H30/c1-16(2)14-19-10-6-8-12-21(19)18(5)22-13-9-7-11-20(22)15-17(3)4/h6-13,16-18H,14-15H2,1-5H3. The molecule has 0 saturated heterocycles. The average molecular weight is 294 g/mol. The largest absolute Gasteiger partial charge is 0.0625 e. The predicted molar refractivity (Wildman–Crippen MR) is 97.5 cm³/mol. The van der Waals surface area contributed by atoms with Crippen LogP contribution < -0.4 is 0 Å². The molecule has 2 aromatic rings. The molecule has 2 rings (SSSR count). The first-order chi connectivity index (χ1) is 10.5. The third kappa shape index (κ3) is 4.22. The zero-order valence-corrected chi connectivity index (χ0v) is 14.8. The minimum atomic E-state index is 0.463. The highest BCUT2D eigenvalue weighted by molar-refractivity contribution is 5.41. The van der Waals surface area contributed by atoms with Crippen LogP contribution in [0.2, 0.25) is 0 Å². The fourth-order valence-electron chi connectivity index (χ4n) is 3.33. The fraction of sp³-hybridized carbons (Fsp3) is 0.455. The van der Waals surface area contributed by atoms with E-state index >= 15 is 0 Å². The summed E-state index contributed by atoms with van der Waals surface area (Å²) in [6, 6.07) is 17.9. The maximum absolute atomic E-state index is 2.36. The van der Waals surface area contributed by atoms with Gasteiger partial charge in [-0.1, -0.05) is 83.1 Å². The lowest BCUT2D eigenvalue weighted by molar-refractivity contribution is 0.633. The summed E-state index contributed by atoms with van der Waals surface area (Å²) in [4.78, 5) is 0. The van der Waals surface area contributed by atoms with Crippen LogP contribution in [-0.2, 0) is 12.8 Å². The Bertz CT molecular complexity index is 539. The quantitative estimate of drug-likeness (QED) is 0.592. The van der Waals surface area contributed by atoms with Gasteiger partial charge in [0.1, 0.15) is 0 Å². The summed E-state index contributed by atoms with van der Waals surface area (Å²) >= 11 is 0. The highest BCUT2D eigenvalue weighted by Crippen LogP contribution is 2.31. The number of hydrogen-bond donors (Lipinski definition) is 0. The summed E-state index contributed by atoms with van der Waals surface area (Å²) in [5.41, 5.74) is 5.99. The molecular weight excluding hydrogens is 264 g/mol. The lowest BCUT2D eigenvalue weighted by Crippen LogP contribution is -2.07. The second-order valence-electron chi connectivity index (χ2n) is 7.32. The molecule has 0 bridgehead atoms. The van der Waals surface area contributed by atoms with E-state index in [2.05, 4.69) is 83.1 Å². The lowest BCUT2D eigenvalue weighted by Gasteiger charge is -2.21. The molecule has 0 unspecified atom stereocenters. The third-order valence-corrected chi connectivity index (χ3v) is 4.30. The molecule has 0 aliphatic carbocycles. The van der Waals surface area contributed by atoms with Crippen LogP contribution in [0.15, 0.2) is 48.5 Å². The van der Waals surface area contributed by atoms with Crippen molar-refractivity contribution in [3.8, 4) is 0 Å². The summed E-state index contributed by atoms with van der Waals surface area (Å²) in [5, 5.41) is 0. The molecule has 22 heavy (non-hydrogen) atoms. The van der Waals surface area contributed by atoms with E-state index < -0.39 is 0 Å². The van der Waals surface area contributed by atoms with Crippen LogP contribution in [0.4, 0.5) is 0 Å². The van der Waals surface area contributed by atoms with E-state index in [0.717, 1.165) is 12.8 Å². The second-order valence-corrected chi connectivity index (χ2v) is 7.32. The number of benzene rings is 2. The van der Waals surface area contributed by atoms with Gasteiger partial charge in [0.15, 0.2) is 0 Å². The van der Waals surface area contributed by atoms with Crippen LogP contribution in [0.5, 0.6) is 0 Å². The monoisotopic (exact) mass is 294 g/mol. The van der Waals surface area contributed by atoms with Gasteiger partial charge in [-0.05, 0) is 46.9 Å². The summed E-state index contributed by atoms with van der Waals surface area (Å²) in [5.74, 6) is 1.85. The van der Waals surface area contributed by atoms with Crippen molar-refractivity contribution in [3.05, 3.63) is 70.8 Å². The van der Waals surface area contributed by atoms with Crippen LogP contribution in [0.1, 0.15) is 62.8 Å². The SMILES string of the molecule is CC(C)Cc1ccccc1C(C)c1ccccc1CC(C)C. The zero-order chi connectivity index (χ0) is 16.1. The molecule has 2 aromatic carbocycles. The van der Waals surface area contributed by atoms with Gasteiger partial charge in [0.05, 0.1) is 0 Å². The fourth-order valence-corrected chi connectivity index (χ4v) is 3.33. The molecule has 0 nitrogen and oxygen atoms in total. The maximum atomic E-state index is 2.36. The Hall–Kier alpha value is -1.56. The van der Waals surface area contributed by atoms with Gasteiger partial charge in [-0.3, -0.25) is 0 Å². The highest BCUT2D eigenvalue weighted by atomic mass is 14.2. The van der Waals surface area contributed by atoms with Gasteiger partial charge >= 0.3 is 0 Å². The first kappa shape index (κ1) is 16.8. The van der Waals surface area contributed by atoms with Crippen LogP contribution in [-0.4, -0.2) is 0 Å². The minimum absolute atomic E-state index is 0.463. The van der Waals surface area contributed by atoms with E-state index in [-0.39, 0.29) is 0 Å². The van der Waals surface area contributed by atoms with Gasteiger partial charge in [0, 0.05) is 5.92 Å². The zero-order valence-electron chi connectivity index (χ0n) is 14.8. The summed E-state index contributed by atoms with van der Waals surface area (Å²) in [6.07, 6.45) is 2.32. The molecule has 0 spiro atoms. The van der Waals surface area contributed by atoms with Crippen molar-refractivity contribution in [2.75, 3.05) is 0 Å². The van der Waals surface area contributed by atoms with Crippen molar-refractivity contribution >= 4 is 0 Å². The molecule has 0 amide bonds. The molecule has 118 valence electrons. The first-order valence-electron chi connectivity index (χ1n) is 8.64. The minimum Gasteiger partial charge on any atom is -0.0625 e. The van der Waals surface area contributed by atoms with Crippen molar-refractivity contribution < 1.29 is 0 Å². The highest BCUT2D eigenvalue weighted by Gasteiger charge is 2.16. The Morgan fingerprint density at radius 2 is 0.955 bits per heavy atom. The van der Waals surface area contributed by atoms with Gasteiger partial charge in [-0.25, -0.2) is 0 Å². The molecule has 0 fully saturated rings. The van der Waals surface area contributed by atoms with E-state index in [1.54, 1.807) is 0 Å². The summed E-state index contributed by atoms with van der Waals surface area (Å²) < 4.78 is 0. The third-order valence-electron chi connectivity index (χ3n) is 4.30. The maximum Gasteiger partial charge on any atom is 0.00664 e. The van der Waals surface area contributed by atoms with Gasteiger partial charge in [0.2, 0.25) is 0 Å². The molecule has 0 heteroatoms. The van der Waals surface area contributed by atoms with Crippen LogP contribution >= 0.6 is 0 Å². The Morgan fingerprint density at radius 3 is 1.32 bits per heavy atom. The van der Waals surface area contributed by atoms with E-state index in [9.17, 15) is 0 Å². The predicted octanol–water partition coefficient (Wildman–Crippen LogP) is 6.24. The van der Waals surface area contributed by atoms with Crippen molar-refractivity contribution in [1.29, 1.82) is 0 Å². The summed E-state index contributed by atoms with van der Waals surface area (Å²) in [7, 11) is 0. The lowest BCUT2D eigenvalue weighted by atomic mass is 9.83. The Balaban J connectivity index is 2.38. The molecule has 0 aromatic heterocycles. The molecular formula is C22H30. The Labute approximate surface area is 136 Å². The van der Waals surface area contributed by atoms with Crippen molar-refractivity contribution in [2.24, 2.45) is 11.8 Å². The van der Waals surface area contributed by atoms with Gasteiger partial charge in [-0.15, -0.1) is 0 Å². The van der Waals surface area contributed by atoms with E-state index in [4.69, 9.17) is 0 Å². The normalized spacial score (nSPS) is 11.6. The van der Waals surface area contributed by atoms with Crippen molar-refractivity contribution in [3.63, 3.8) is 0 Å². The van der Waals surface area contributed by atoms with Gasteiger partial charge in [0.25, 0.3) is 0 Å². The van der Waals surface area contributed by atoms with E-state index in [1.807, 2.05) is 0 Å². The van der Waals surface area contributed by atoms with Crippen molar-refractivity contribution in [2.45, 2.75) is 53.4 Å². The number of hydrogen-bond acceptors (Lipinski definition) is 0. The molecule has 0 saturated carbocycles. The number of rotatable bonds is 6. The smallest absolute Gasteiger partial charge is 0.00664 e. The van der Waals surface area contributed by atoms with Crippen molar-refractivity contribution in [1.82, 2.24) is 0 Å². The van der Waals surface area contributed by atoms with Gasteiger partial charge < -0.3 is 0 Å². The molecule has 0 aliphatic heterocycles. The topological polar surface area (TPSA) is 0 Å². The first-order valence-corrected chi connectivity index (χ1v) is 8.64. The van der Waals surface area contributed by atoms with Crippen LogP contribution in [0, 0.1) is 11.8 Å². The molecule has 0 radical (unpaired) electrons.